The van der Waals surface area contributed by atoms with E-state index in [0.29, 0.717) is 5.82 Å². The topological polar surface area (TPSA) is 56.5 Å². The molecule has 266 valence electrons. The summed E-state index contributed by atoms with van der Waals surface area (Å²) in [5, 5.41) is 4.25. The largest absolute Gasteiger partial charge is 0.292 e. The Morgan fingerprint density at radius 2 is 0.842 bits per heavy atom. The van der Waals surface area contributed by atoms with Crippen LogP contribution in [0.1, 0.15) is 0 Å². The van der Waals surface area contributed by atoms with Crippen LogP contribution < -0.4 is 0 Å². The number of benzene rings is 8. The molecular weight excluding hydrogens is 695 g/mol. The van der Waals surface area contributed by atoms with Crippen molar-refractivity contribution in [2.24, 2.45) is 0 Å². The first-order chi connectivity index (χ1) is 28.3. The molecule has 3 aromatic heterocycles. The van der Waals surface area contributed by atoms with Crippen molar-refractivity contribution in [2.75, 3.05) is 0 Å². The Morgan fingerprint density at radius 3 is 1.54 bits per heavy atom. The van der Waals surface area contributed by atoms with Crippen molar-refractivity contribution in [1.82, 2.24) is 24.5 Å². The number of imidazole rings is 1. The Balaban J connectivity index is 1.08. The third kappa shape index (κ3) is 5.64. The highest BCUT2D eigenvalue weighted by Crippen LogP contribution is 2.40. The Bertz CT molecular complexity index is 3250. The van der Waals surface area contributed by atoms with Crippen LogP contribution >= 0.6 is 0 Å². The number of nitrogens with zero attached hydrogens (tertiary/aromatic N) is 5. The summed E-state index contributed by atoms with van der Waals surface area (Å²) in [5.41, 5.74) is 13.0. The number of aromatic nitrogens is 5. The molecule has 11 rings (SSSR count). The van der Waals surface area contributed by atoms with Gasteiger partial charge >= 0.3 is 0 Å². The normalized spacial score (nSPS) is 11.5. The van der Waals surface area contributed by atoms with Crippen molar-refractivity contribution in [3.63, 3.8) is 0 Å². The maximum atomic E-state index is 5.45. The van der Waals surface area contributed by atoms with Gasteiger partial charge in [0.1, 0.15) is 5.82 Å². The molecule has 0 saturated heterocycles. The van der Waals surface area contributed by atoms with Gasteiger partial charge in [0.05, 0.1) is 33.5 Å². The maximum Gasteiger partial charge on any atom is 0.160 e. The molecular formula is C52H33N5. The molecule has 0 N–H and O–H groups in total. The zero-order valence-corrected chi connectivity index (χ0v) is 30.8. The minimum Gasteiger partial charge on any atom is -0.292 e. The summed E-state index contributed by atoms with van der Waals surface area (Å²) < 4.78 is 2.26. The smallest absolute Gasteiger partial charge is 0.160 e. The lowest BCUT2D eigenvalue weighted by Crippen LogP contribution is -1.97. The van der Waals surface area contributed by atoms with Gasteiger partial charge in [-0.1, -0.05) is 170 Å². The predicted octanol–water partition coefficient (Wildman–Crippen LogP) is 13.0. The average Bonchev–Trinajstić information content (AvgIpc) is 3.69. The van der Waals surface area contributed by atoms with Crippen LogP contribution in [0.15, 0.2) is 200 Å². The second kappa shape index (κ2) is 13.5. The molecule has 0 radical (unpaired) electrons. The van der Waals surface area contributed by atoms with E-state index in [1.165, 1.54) is 5.56 Å². The lowest BCUT2D eigenvalue weighted by atomic mass is 9.97. The minimum absolute atomic E-state index is 0.695. The van der Waals surface area contributed by atoms with Gasteiger partial charge in [0.25, 0.3) is 0 Å². The summed E-state index contributed by atoms with van der Waals surface area (Å²) >= 11 is 0. The second-order valence-corrected chi connectivity index (χ2v) is 14.2. The highest BCUT2D eigenvalue weighted by molar-refractivity contribution is 6.20. The van der Waals surface area contributed by atoms with E-state index in [1.807, 2.05) is 30.3 Å². The Morgan fingerprint density at radius 1 is 0.316 bits per heavy atom. The molecule has 0 amide bonds. The Labute approximate surface area is 329 Å². The van der Waals surface area contributed by atoms with E-state index < -0.39 is 0 Å². The van der Waals surface area contributed by atoms with Crippen molar-refractivity contribution in [1.29, 1.82) is 0 Å². The van der Waals surface area contributed by atoms with Crippen molar-refractivity contribution in [2.45, 2.75) is 0 Å². The number of hydrogen-bond donors (Lipinski definition) is 0. The molecule has 0 fully saturated rings. The van der Waals surface area contributed by atoms with Crippen molar-refractivity contribution in [3.05, 3.63) is 200 Å². The summed E-state index contributed by atoms with van der Waals surface area (Å²) in [7, 11) is 0. The minimum atomic E-state index is 0.695. The molecule has 5 heteroatoms. The molecule has 0 aliphatic carbocycles. The quantitative estimate of drug-likeness (QED) is 0.160. The zero-order chi connectivity index (χ0) is 37.7. The number of pyridine rings is 1. The summed E-state index contributed by atoms with van der Waals surface area (Å²) in [6, 6.07) is 69.5. The van der Waals surface area contributed by atoms with Crippen LogP contribution in [0.5, 0.6) is 0 Å². The third-order valence-corrected chi connectivity index (χ3v) is 10.8. The van der Waals surface area contributed by atoms with Gasteiger partial charge in [-0.05, 0) is 46.8 Å². The third-order valence-electron chi connectivity index (χ3n) is 10.8. The molecule has 0 aliphatic rings. The summed E-state index contributed by atoms with van der Waals surface area (Å²) in [4.78, 5) is 21.0. The average molecular weight is 728 g/mol. The van der Waals surface area contributed by atoms with Gasteiger partial charge in [0, 0.05) is 44.1 Å². The highest BCUT2D eigenvalue weighted by Gasteiger charge is 2.21. The number of fused-ring (bicyclic) bond motifs is 6. The molecule has 57 heavy (non-hydrogen) atoms. The molecule has 0 saturated carbocycles. The fourth-order valence-electron chi connectivity index (χ4n) is 8.07. The van der Waals surface area contributed by atoms with E-state index in [9.17, 15) is 0 Å². The van der Waals surface area contributed by atoms with Crippen LogP contribution in [0.25, 0.3) is 106 Å². The van der Waals surface area contributed by atoms with Gasteiger partial charge < -0.3 is 0 Å². The second-order valence-electron chi connectivity index (χ2n) is 14.2. The molecule has 0 atom stereocenters. The van der Waals surface area contributed by atoms with Crippen LogP contribution in [-0.4, -0.2) is 24.5 Å². The Kier molecular flexibility index (Phi) is 7.74. The van der Waals surface area contributed by atoms with E-state index in [1.54, 1.807) is 0 Å². The molecule has 0 bridgehead atoms. The van der Waals surface area contributed by atoms with Crippen LogP contribution in [0.4, 0.5) is 0 Å². The SMILES string of the molecule is c1ccc(-c2ccc(-c3nc(-c4ccc(-c5nc6ccccc6c6ccc7c(nc(-c8ccccc8)n7-c7ccccc7)c56)cc4)c4ccccc4n3)cc2)cc1. The van der Waals surface area contributed by atoms with Crippen molar-refractivity contribution >= 4 is 43.6 Å². The van der Waals surface area contributed by atoms with Gasteiger partial charge in [0.15, 0.2) is 5.82 Å². The highest BCUT2D eigenvalue weighted by atomic mass is 15.1. The van der Waals surface area contributed by atoms with E-state index in [4.69, 9.17) is 19.9 Å². The molecule has 5 nitrogen and oxygen atoms in total. The fourth-order valence-corrected chi connectivity index (χ4v) is 8.07. The summed E-state index contributed by atoms with van der Waals surface area (Å²) in [6.07, 6.45) is 0. The van der Waals surface area contributed by atoms with Crippen molar-refractivity contribution in [3.8, 4) is 62.1 Å². The lowest BCUT2D eigenvalue weighted by molar-refractivity contribution is 1.10. The Hall–Kier alpha value is -7.76. The predicted molar refractivity (Wildman–Crippen MR) is 234 cm³/mol. The number of hydrogen-bond acceptors (Lipinski definition) is 4. The molecule has 0 aliphatic heterocycles. The van der Waals surface area contributed by atoms with Crippen LogP contribution in [0, 0.1) is 0 Å². The number of rotatable bonds is 6. The van der Waals surface area contributed by atoms with E-state index in [2.05, 4.69) is 174 Å². The summed E-state index contributed by atoms with van der Waals surface area (Å²) in [6.45, 7) is 0. The van der Waals surface area contributed by atoms with Crippen LogP contribution in [-0.2, 0) is 0 Å². The first kappa shape index (κ1) is 32.7. The number of para-hydroxylation sites is 3. The van der Waals surface area contributed by atoms with Gasteiger partial charge in [-0.15, -0.1) is 0 Å². The monoisotopic (exact) mass is 727 g/mol. The molecule has 3 heterocycles. The first-order valence-corrected chi connectivity index (χ1v) is 19.1. The molecule has 8 aromatic carbocycles. The molecule has 11 aromatic rings. The van der Waals surface area contributed by atoms with Gasteiger partial charge in [-0.3, -0.25) is 4.57 Å². The van der Waals surface area contributed by atoms with Crippen LogP contribution in [0.3, 0.4) is 0 Å². The van der Waals surface area contributed by atoms with E-state index in [-0.39, 0.29) is 0 Å². The van der Waals surface area contributed by atoms with E-state index >= 15 is 0 Å². The zero-order valence-electron chi connectivity index (χ0n) is 30.8. The lowest BCUT2D eigenvalue weighted by Gasteiger charge is -2.13. The van der Waals surface area contributed by atoms with Gasteiger partial charge in [0.2, 0.25) is 0 Å². The van der Waals surface area contributed by atoms with Crippen molar-refractivity contribution < 1.29 is 0 Å². The first-order valence-electron chi connectivity index (χ1n) is 19.1. The fraction of sp³-hybridized carbons (Fsp3) is 0. The van der Waals surface area contributed by atoms with Gasteiger partial charge in [-0.2, -0.15) is 0 Å². The maximum absolute atomic E-state index is 5.45. The standard InChI is InChI=1S/C52H33N5/c1-4-14-34(15-5-1)35-24-30-38(31-25-35)51-54-45-23-13-11-21-43(45)48(55-51)36-26-28-37(29-27-36)49-47-42(41-20-10-12-22-44(41)53-49)32-33-46-50(47)56-52(39-16-6-2-7-17-39)57(46)40-18-8-3-9-19-40/h1-33H. The van der Waals surface area contributed by atoms with Crippen LogP contribution in [0.2, 0.25) is 0 Å². The van der Waals surface area contributed by atoms with E-state index in [0.717, 1.165) is 94.3 Å². The molecule has 0 spiro atoms. The summed E-state index contributed by atoms with van der Waals surface area (Å²) in [5.74, 6) is 1.58. The van der Waals surface area contributed by atoms with Gasteiger partial charge in [-0.25, -0.2) is 19.9 Å². The molecule has 0 unspecified atom stereocenters.